The average Bonchev–Trinajstić information content (AvgIpc) is 3.34. The minimum Gasteiger partial charge on any atom is -0.444 e. The summed E-state index contributed by atoms with van der Waals surface area (Å²) in [6.07, 6.45) is -1.01. The maximum Gasteiger partial charge on any atom is 0.410 e. The molecule has 0 radical (unpaired) electrons. The topological polar surface area (TPSA) is 155 Å². The van der Waals surface area contributed by atoms with Gasteiger partial charge in [-0.15, -0.1) is 0 Å². The number of alkyl carbamates (subject to hydrolysis) is 1. The second-order valence-corrected chi connectivity index (χ2v) is 14.6. The molecule has 2 aliphatic heterocycles. The van der Waals surface area contributed by atoms with Gasteiger partial charge in [0.25, 0.3) is 0 Å². The lowest BCUT2D eigenvalue weighted by Crippen LogP contribution is -2.54. The standard InChI is InChI=1S/C29H45N5O8S/c1-28(2,3)41-26(37)30-22-12-13-34(19-22)25(36)23(31-43(39,40)20-21-10-8-7-9-11-21)18-24(35)32-14-16-33(17-15-32)27(38)42-29(4,5)6/h7-11,22-23,31H,12-20H2,1-6H3,(H,30,37)/t22-,23+/m0/s1. The van der Waals surface area contributed by atoms with Gasteiger partial charge in [-0.3, -0.25) is 9.59 Å². The Balaban J connectivity index is 1.67. The van der Waals surface area contributed by atoms with Gasteiger partial charge in [-0.05, 0) is 53.5 Å². The molecule has 0 bridgehead atoms. The van der Waals surface area contributed by atoms with Crippen LogP contribution in [-0.2, 0) is 34.8 Å². The smallest absolute Gasteiger partial charge is 0.410 e. The number of hydrogen-bond acceptors (Lipinski definition) is 8. The molecule has 0 saturated carbocycles. The number of nitrogens with one attached hydrogen (secondary N) is 2. The molecule has 0 spiro atoms. The van der Waals surface area contributed by atoms with Crippen molar-refractivity contribution < 1.29 is 37.1 Å². The van der Waals surface area contributed by atoms with Crippen molar-refractivity contribution in [1.29, 1.82) is 0 Å². The monoisotopic (exact) mass is 623 g/mol. The van der Waals surface area contributed by atoms with Gasteiger partial charge in [-0.2, -0.15) is 0 Å². The highest BCUT2D eigenvalue weighted by molar-refractivity contribution is 7.88. The van der Waals surface area contributed by atoms with Crippen LogP contribution in [-0.4, -0.2) is 110 Å². The molecular weight excluding hydrogens is 578 g/mol. The first kappa shape index (κ1) is 34.1. The fourth-order valence-corrected chi connectivity index (χ4v) is 6.11. The fourth-order valence-electron chi connectivity index (χ4n) is 4.77. The highest BCUT2D eigenvalue weighted by Crippen LogP contribution is 2.17. The molecule has 240 valence electrons. The molecule has 0 unspecified atom stereocenters. The number of nitrogens with zero attached hydrogens (tertiary/aromatic N) is 3. The molecule has 43 heavy (non-hydrogen) atoms. The lowest BCUT2D eigenvalue weighted by molar-refractivity contribution is -0.139. The van der Waals surface area contributed by atoms with Crippen LogP contribution in [0.3, 0.4) is 0 Å². The normalized spacial score (nSPS) is 18.7. The van der Waals surface area contributed by atoms with Crippen molar-refractivity contribution in [2.45, 2.75) is 83.4 Å². The second-order valence-electron chi connectivity index (χ2n) is 12.9. The Kier molecular flexibility index (Phi) is 11.0. The molecule has 2 fully saturated rings. The molecule has 1 aromatic rings. The van der Waals surface area contributed by atoms with Crippen LogP contribution in [0.25, 0.3) is 0 Å². The highest BCUT2D eigenvalue weighted by Gasteiger charge is 2.37. The Labute approximate surface area is 254 Å². The van der Waals surface area contributed by atoms with Gasteiger partial charge in [-0.1, -0.05) is 30.3 Å². The van der Waals surface area contributed by atoms with Crippen molar-refractivity contribution in [2.75, 3.05) is 39.3 Å². The van der Waals surface area contributed by atoms with E-state index in [2.05, 4.69) is 10.0 Å². The van der Waals surface area contributed by atoms with E-state index in [4.69, 9.17) is 9.47 Å². The molecular formula is C29H45N5O8S. The summed E-state index contributed by atoms with van der Waals surface area (Å²) in [6.45, 7) is 11.9. The van der Waals surface area contributed by atoms with Crippen LogP contribution in [0.15, 0.2) is 30.3 Å². The molecule has 2 aliphatic rings. The molecule has 2 N–H and O–H groups in total. The van der Waals surface area contributed by atoms with Gasteiger partial charge in [0.2, 0.25) is 21.8 Å². The lowest BCUT2D eigenvalue weighted by Gasteiger charge is -2.36. The van der Waals surface area contributed by atoms with Crippen LogP contribution in [0.2, 0.25) is 0 Å². The summed E-state index contributed by atoms with van der Waals surface area (Å²) >= 11 is 0. The van der Waals surface area contributed by atoms with E-state index in [9.17, 15) is 27.6 Å². The van der Waals surface area contributed by atoms with Crippen molar-refractivity contribution in [3.63, 3.8) is 0 Å². The van der Waals surface area contributed by atoms with Gasteiger partial charge in [0.15, 0.2) is 0 Å². The summed E-state index contributed by atoms with van der Waals surface area (Å²) in [5, 5.41) is 2.75. The number of ether oxygens (including phenoxy) is 2. The number of rotatable bonds is 8. The molecule has 0 aromatic heterocycles. The highest BCUT2D eigenvalue weighted by atomic mass is 32.2. The molecule has 3 rings (SSSR count). The summed E-state index contributed by atoms with van der Waals surface area (Å²) in [6, 6.07) is 6.82. The summed E-state index contributed by atoms with van der Waals surface area (Å²) < 4.78 is 39.4. The van der Waals surface area contributed by atoms with Crippen LogP contribution >= 0.6 is 0 Å². The van der Waals surface area contributed by atoms with E-state index in [1.807, 2.05) is 0 Å². The van der Waals surface area contributed by atoms with Crippen molar-refractivity contribution in [2.24, 2.45) is 0 Å². The van der Waals surface area contributed by atoms with Crippen molar-refractivity contribution in [3.8, 4) is 0 Å². The maximum atomic E-state index is 13.6. The van der Waals surface area contributed by atoms with E-state index in [0.717, 1.165) is 0 Å². The van der Waals surface area contributed by atoms with Crippen molar-refractivity contribution >= 4 is 34.0 Å². The van der Waals surface area contributed by atoms with E-state index in [0.29, 0.717) is 12.0 Å². The van der Waals surface area contributed by atoms with Crippen molar-refractivity contribution in [1.82, 2.24) is 24.7 Å². The molecule has 14 heteroatoms. The van der Waals surface area contributed by atoms with Gasteiger partial charge < -0.3 is 29.5 Å². The zero-order valence-electron chi connectivity index (χ0n) is 25.9. The fraction of sp³-hybridized carbons (Fsp3) is 0.655. The van der Waals surface area contributed by atoms with Crippen LogP contribution in [0.5, 0.6) is 0 Å². The molecule has 2 atom stereocenters. The first-order valence-electron chi connectivity index (χ1n) is 14.5. The van der Waals surface area contributed by atoms with Crippen molar-refractivity contribution in [3.05, 3.63) is 35.9 Å². The van der Waals surface area contributed by atoms with Gasteiger partial charge in [-0.25, -0.2) is 22.7 Å². The number of sulfonamides is 1. The maximum absolute atomic E-state index is 13.6. The average molecular weight is 624 g/mol. The third kappa shape index (κ3) is 11.3. The Morgan fingerprint density at radius 3 is 2.02 bits per heavy atom. The number of amides is 4. The SMILES string of the molecule is CC(C)(C)OC(=O)N[C@H]1CCN(C(=O)[C@@H](CC(=O)N2CCN(C(=O)OC(C)(C)C)CC2)NS(=O)(=O)Cc2ccccc2)C1. The number of carbonyl (C=O) groups is 4. The van der Waals surface area contributed by atoms with Crippen LogP contribution in [0.1, 0.15) is 59.9 Å². The van der Waals surface area contributed by atoms with E-state index in [-0.39, 0.29) is 57.5 Å². The molecule has 0 aliphatic carbocycles. The first-order chi connectivity index (χ1) is 19.9. The Morgan fingerprint density at radius 2 is 1.44 bits per heavy atom. The second kappa shape index (κ2) is 13.9. The molecule has 2 saturated heterocycles. The van der Waals surface area contributed by atoms with Crippen LogP contribution < -0.4 is 10.0 Å². The predicted octanol–water partition coefficient (Wildman–Crippen LogP) is 2.07. The zero-order chi connectivity index (χ0) is 32.0. The van der Waals surface area contributed by atoms with E-state index < -0.39 is 51.3 Å². The van der Waals surface area contributed by atoms with Gasteiger partial charge in [0, 0.05) is 39.3 Å². The number of piperazine rings is 1. The molecule has 13 nitrogen and oxygen atoms in total. The Morgan fingerprint density at radius 1 is 0.860 bits per heavy atom. The predicted molar refractivity (Wildman–Crippen MR) is 159 cm³/mol. The van der Waals surface area contributed by atoms with Crippen LogP contribution in [0.4, 0.5) is 9.59 Å². The summed E-state index contributed by atoms with van der Waals surface area (Å²) in [5.41, 5.74) is -0.793. The Hall–Kier alpha value is -3.39. The summed E-state index contributed by atoms with van der Waals surface area (Å²) in [4.78, 5) is 56.1. The van der Waals surface area contributed by atoms with E-state index in [1.54, 1.807) is 71.9 Å². The molecule has 1 aromatic carbocycles. The first-order valence-corrected chi connectivity index (χ1v) is 16.1. The zero-order valence-corrected chi connectivity index (χ0v) is 26.7. The number of likely N-dealkylation sites (tertiary alicyclic amines) is 1. The third-order valence-corrected chi connectivity index (χ3v) is 8.06. The molecule has 2 heterocycles. The minimum absolute atomic E-state index is 0.151. The molecule has 4 amide bonds. The number of carbonyl (C=O) groups excluding carboxylic acids is 4. The largest absolute Gasteiger partial charge is 0.444 e. The Bertz CT molecular complexity index is 1250. The van der Waals surface area contributed by atoms with E-state index >= 15 is 0 Å². The third-order valence-electron chi connectivity index (χ3n) is 6.70. The van der Waals surface area contributed by atoms with Gasteiger partial charge in [0.05, 0.1) is 18.2 Å². The lowest BCUT2D eigenvalue weighted by atomic mass is 10.1. The minimum atomic E-state index is -4.00. The summed E-state index contributed by atoms with van der Waals surface area (Å²) in [7, 11) is -4.00. The van der Waals surface area contributed by atoms with Crippen LogP contribution in [0, 0.1) is 0 Å². The number of benzene rings is 1. The quantitative estimate of drug-likeness (QED) is 0.446. The number of hydrogen-bond donors (Lipinski definition) is 2. The van der Waals surface area contributed by atoms with E-state index in [1.165, 1.54) is 14.7 Å². The summed E-state index contributed by atoms with van der Waals surface area (Å²) in [5.74, 6) is -1.32. The van der Waals surface area contributed by atoms with Gasteiger partial charge >= 0.3 is 12.2 Å². The van der Waals surface area contributed by atoms with Gasteiger partial charge in [0.1, 0.15) is 17.2 Å².